The third-order valence-corrected chi connectivity index (χ3v) is 9.40. The van der Waals surface area contributed by atoms with Gasteiger partial charge in [0.15, 0.2) is 5.67 Å². The number of benzene rings is 1. The molecule has 1 unspecified atom stereocenters. The number of amides is 3. The van der Waals surface area contributed by atoms with Crippen molar-refractivity contribution in [3.8, 4) is 10.4 Å². The second-order valence-electron chi connectivity index (χ2n) is 10.3. The number of nitrogens with one attached hydrogen (secondary N) is 2. The van der Waals surface area contributed by atoms with E-state index in [0.717, 1.165) is 21.7 Å². The van der Waals surface area contributed by atoms with Crippen LogP contribution in [-0.2, 0) is 20.9 Å². The van der Waals surface area contributed by atoms with Crippen molar-refractivity contribution in [2.24, 2.45) is 0 Å². The molecule has 1 aliphatic carbocycles. The monoisotopic (exact) mass is 548 g/mol. The number of thioether (sulfide) groups is 1. The number of thiazole rings is 1. The minimum atomic E-state index is -1.93. The van der Waals surface area contributed by atoms with Gasteiger partial charge in [-0.25, -0.2) is 9.37 Å². The van der Waals surface area contributed by atoms with E-state index in [9.17, 15) is 23.9 Å². The largest absolute Gasteiger partial charge is 0.391 e. The maximum atomic E-state index is 14.4. The van der Waals surface area contributed by atoms with Crippen LogP contribution in [0.3, 0.4) is 0 Å². The summed E-state index contributed by atoms with van der Waals surface area (Å²) in [5.41, 5.74) is 2.79. The van der Waals surface area contributed by atoms with E-state index < -0.39 is 40.4 Å². The van der Waals surface area contributed by atoms with Crippen LogP contribution in [0.5, 0.6) is 0 Å². The molecule has 11 heteroatoms. The van der Waals surface area contributed by atoms with Crippen LogP contribution in [0.2, 0.25) is 0 Å². The van der Waals surface area contributed by atoms with E-state index in [1.807, 2.05) is 31.2 Å². The molecule has 2 aromatic rings. The van der Waals surface area contributed by atoms with Gasteiger partial charge in [0.25, 0.3) is 5.91 Å². The minimum Gasteiger partial charge on any atom is -0.391 e. The summed E-state index contributed by atoms with van der Waals surface area (Å²) in [6.45, 7) is 5.77. The normalized spacial score (nSPS) is 21.4. The quantitative estimate of drug-likeness (QED) is 0.445. The molecule has 1 aromatic heterocycles. The maximum Gasteiger partial charge on any atom is 0.258 e. The summed E-state index contributed by atoms with van der Waals surface area (Å²) < 4.78 is 13.6. The fourth-order valence-corrected chi connectivity index (χ4v) is 5.59. The number of hydrogen-bond donors (Lipinski definition) is 3. The molecular weight excluding hydrogens is 515 g/mol. The fourth-order valence-electron chi connectivity index (χ4n) is 4.38. The molecule has 4 rings (SSSR count). The zero-order chi connectivity index (χ0) is 27.0. The van der Waals surface area contributed by atoms with Gasteiger partial charge in [0.05, 0.1) is 22.2 Å². The van der Waals surface area contributed by atoms with Gasteiger partial charge in [0.1, 0.15) is 12.1 Å². The maximum absolute atomic E-state index is 14.4. The first kappa shape index (κ1) is 27.5. The molecule has 0 bridgehead atoms. The zero-order valence-corrected chi connectivity index (χ0v) is 23.0. The standard InChI is InChI=1S/C26H33FN4O4S2/c1-15-20(37-14-29-15)17-7-5-16(6-8-17)12-28-22(33)19-11-18(32)13-31(19)23(34)21(25(2,3)36-4)30-24(35)26(27)9-10-26/h5-8,14,18-19,21,32H,9-13H2,1-4H3,(H,28,33)(H,30,35)/t18-,19?,21-/m1/s1. The van der Waals surface area contributed by atoms with E-state index in [-0.39, 0.29) is 38.3 Å². The number of aliphatic hydroxyl groups is 1. The Kier molecular flexibility index (Phi) is 7.96. The number of hydrogen-bond acceptors (Lipinski definition) is 7. The molecule has 2 fully saturated rings. The lowest BCUT2D eigenvalue weighted by Gasteiger charge is -2.36. The lowest BCUT2D eigenvalue weighted by atomic mass is 10.00. The lowest BCUT2D eigenvalue weighted by molar-refractivity contribution is -0.143. The van der Waals surface area contributed by atoms with Crippen LogP contribution in [-0.4, -0.2) is 74.1 Å². The lowest BCUT2D eigenvalue weighted by Crippen LogP contribution is -2.60. The number of β-amino-alcohol motifs (C(OH)–C–C–N with tert-alkyl or cyclic N) is 1. The van der Waals surface area contributed by atoms with Crippen LogP contribution in [0.4, 0.5) is 4.39 Å². The molecule has 1 saturated carbocycles. The number of aryl methyl sites for hydroxylation is 1. The molecule has 3 N–H and O–H groups in total. The topological polar surface area (TPSA) is 112 Å². The van der Waals surface area contributed by atoms with Crippen molar-refractivity contribution in [2.75, 3.05) is 12.8 Å². The van der Waals surface area contributed by atoms with E-state index in [2.05, 4.69) is 15.6 Å². The van der Waals surface area contributed by atoms with Gasteiger partial charge in [-0.05, 0) is 51.0 Å². The highest BCUT2D eigenvalue weighted by Gasteiger charge is 2.53. The SMILES string of the molecule is CSC(C)(C)[C@H](NC(=O)C1(F)CC1)C(=O)N1C[C@H](O)CC1C(=O)NCc1ccc(-c2scnc2C)cc1. The second kappa shape index (κ2) is 10.7. The van der Waals surface area contributed by atoms with Gasteiger partial charge in [-0.3, -0.25) is 14.4 Å². The molecule has 0 radical (unpaired) electrons. The van der Waals surface area contributed by atoms with Gasteiger partial charge in [0, 0.05) is 24.3 Å². The Labute approximate surface area is 224 Å². The molecule has 37 heavy (non-hydrogen) atoms. The second-order valence-corrected chi connectivity index (χ2v) is 12.6. The molecular formula is C26H33FN4O4S2. The van der Waals surface area contributed by atoms with Crippen molar-refractivity contribution in [2.45, 2.75) is 75.2 Å². The van der Waals surface area contributed by atoms with Gasteiger partial charge in [-0.2, -0.15) is 11.8 Å². The summed E-state index contributed by atoms with van der Waals surface area (Å²) >= 11 is 2.93. The van der Waals surface area contributed by atoms with E-state index in [1.165, 1.54) is 16.7 Å². The van der Waals surface area contributed by atoms with Crippen molar-refractivity contribution in [3.63, 3.8) is 0 Å². The number of alkyl halides is 1. The van der Waals surface area contributed by atoms with Crippen LogP contribution < -0.4 is 10.6 Å². The Morgan fingerprint density at radius 2 is 1.97 bits per heavy atom. The fraction of sp³-hybridized carbons (Fsp3) is 0.538. The zero-order valence-electron chi connectivity index (χ0n) is 21.4. The number of carbonyl (C=O) groups is 3. The van der Waals surface area contributed by atoms with Gasteiger partial charge in [-0.1, -0.05) is 24.3 Å². The van der Waals surface area contributed by atoms with Crippen LogP contribution in [0.1, 0.15) is 44.4 Å². The van der Waals surface area contributed by atoms with E-state index in [1.54, 1.807) is 37.0 Å². The molecule has 2 aliphatic rings. The third-order valence-electron chi connectivity index (χ3n) is 7.13. The average molecular weight is 549 g/mol. The minimum absolute atomic E-state index is 0.0303. The Morgan fingerprint density at radius 1 is 1.30 bits per heavy atom. The highest BCUT2D eigenvalue weighted by Crippen LogP contribution is 2.40. The molecule has 3 atom stereocenters. The van der Waals surface area contributed by atoms with Crippen molar-refractivity contribution >= 4 is 40.8 Å². The van der Waals surface area contributed by atoms with E-state index in [0.29, 0.717) is 0 Å². The summed E-state index contributed by atoms with van der Waals surface area (Å²) in [4.78, 5) is 45.9. The van der Waals surface area contributed by atoms with Crippen molar-refractivity contribution in [1.82, 2.24) is 20.5 Å². The molecule has 8 nitrogen and oxygen atoms in total. The first-order chi connectivity index (χ1) is 17.4. The number of halogens is 1. The highest BCUT2D eigenvalue weighted by atomic mass is 32.2. The predicted octanol–water partition coefficient (Wildman–Crippen LogP) is 2.83. The Balaban J connectivity index is 1.43. The first-order valence-corrected chi connectivity index (χ1v) is 14.4. The highest BCUT2D eigenvalue weighted by molar-refractivity contribution is 8.00. The summed E-state index contributed by atoms with van der Waals surface area (Å²) in [6, 6.07) is 5.88. The Hall–Kier alpha value is -2.50. The Morgan fingerprint density at radius 3 is 2.54 bits per heavy atom. The number of aromatic nitrogens is 1. The number of aliphatic hydroxyl groups excluding tert-OH is 1. The van der Waals surface area contributed by atoms with Crippen molar-refractivity contribution in [1.29, 1.82) is 0 Å². The van der Waals surface area contributed by atoms with E-state index in [4.69, 9.17) is 0 Å². The molecule has 1 saturated heterocycles. The van der Waals surface area contributed by atoms with E-state index >= 15 is 0 Å². The molecule has 0 spiro atoms. The molecule has 1 aromatic carbocycles. The van der Waals surface area contributed by atoms with Gasteiger partial charge in [-0.15, -0.1) is 11.3 Å². The van der Waals surface area contributed by atoms with Gasteiger partial charge < -0.3 is 20.6 Å². The van der Waals surface area contributed by atoms with Crippen LogP contribution in [0.15, 0.2) is 29.8 Å². The van der Waals surface area contributed by atoms with Gasteiger partial charge >= 0.3 is 0 Å². The summed E-state index contributed by atoms with van der Waals surface area (Å²) in [5, 5.41) is 15.8. The van der Waals surface area contributed by atoms with Crippen molar-refractivity contribution in [3.05, 3.63) is 41.0 Å². The molecule has 200 valence electrons. The predicted molar refractivity (Wildman–Crippen MR) is 143 cm³/mol. The van der Waals surface area contributed by atoms with Gasteiger partial charge in [0.2, 0.25) is 11.8 Å². The molecule has 3 amide bonds. The number of likely N-dealkylation sites (tertiary alicyclic amines) is 1. The summed E-state index contributed by atoms with van der Waals surface area (Å²) in [5.74, 6) is -1.69. The molecule has 2 heterocycles. The summed E-state index contributed by atoms with van der Waals surface area (Å²) in [6.07, 6.45) is 1.30. The van der Waals surface area contributed by atoms with Crippen molar-refractivity contribution < 1.29 is 23.9 Å². The summed E-state index contributed by atoms with van der Waals surface area (Å²) in [7, 11) is 0. The average Bonchev–Trinajstić information content (AvgIpc) is 3.29. The first-order valence-electron chi connectivity index (χ1n) is 12.3. The van der Waals surface area contributed by atoms with Crippen LogP contribution in [0, 0.1) is 6.92 Å². The van der Waals surface area contributed by atoms with Crippen LogP contribution in [0.25, 0.3) is 10.4 Å². The third kappa shape index (κ3) is 5.99. The number of nitrogens with zero attached hydrogens (tertiary/aromatic N) is 2. The smallest absolute Gasteiger partial charge is 0.258 e. The Bertz CT molecular complexity index is 1170. The molecule has 1 aliphatic heterocycles. The van der Waals surface area contributed by atoms with Crippen LogP contribution >= 0.6 is 23.1 Å². The number of carbonyl (C=O) groups excluding carboxylic acids is 3. The number of rotatable bonds is 9.